The molecule has 3 rings (SSSR count). The van der Waals surface area contributed by atoms with E-state index in [1.165, 1.54) is 4.88 Å². The molecule has 21 heavy (non-hydrogen) atoms. The van der Waals surface area contributed by atoms with Crippen molar-refractivity contribution in [1.29, 1.82) is 0 Å². The fourth-order valence-electron chi connectivity index (χ4n) is 2.37. The first-order valence-corrected chi connectivity index (χ1v) is 8.15. The SMILES string of the molecule is Cc1ncsc1CN(C)c1cc(CCl)nc2ccccc12. The Morgan fingerprint density at radius 2 is 2.10 bits per heavy atom. The van der Waals surface area contributed by atoms with Crippen molar-refractivity contribution in [2.45, 2.75) is 19.3 Å². The number of aromatic nitrogens is 2. The number of rotatable bonds is 4. The molecular formula is C16H16ClN3S. The third-order valence-electron chi connectivity index (χ3n) is 3.52. The van der Waals surface area contributed by atoms with E-state index in [2.05, 4.69) is 41.0 Å². The fraction of sp³-hybridized carbons (Fsp3) is 0.250. The summed E-state index contributed by atoms with van der Waals surface area (Å²) in [6.07, 6.45) is 0. The summed E-state index contributed by atoms with van der Waals surface area (Å²) in [5.74, 6) is 0.422. The molecule has 5 heteroatoms. The van der Waals surface area contributed by atoms with E-state index in [0.29, 0.717) is 5.88 Å². The van der Waals surface area contributed by atoms with Gasteiger partial charge in [-0.25, -0.2) is 4.98 Å². The lowest BCUT2D eigenvalue weighted by Gasteiger charge is -2.21. The van der Waals surface area contributed by atoms with Crippen molar-refractivity contribution in [2.24, 2.45) is 0 Å². The lowest BCUT2D eigenvalue weighted by atomic mass is 10.1. The molecule has 3 aromatic rings. The van der Waals surface area contributed by atoms with E-state index in [1.807, 2.05) is 23.7 Å². The van der Waals surface area contributed by atoms with Gasteiger partial charge in [-0.15, -0.1) is 22.9 Å². The molecule has 0 bridgehead atoms. The molecule has 108 valence electrons. The number of anilines is 1. The summed E-state index contributed by atoms with van der Waals surface area (Å²) >= 11 is 7.68. The quantitative estimate of drug-likeness (QED) is 0.669. The van der Waals surface area contributed by atoms with Crippen LogP contribution in [-0.4, -0.2) is 17.0 Å². The van der Waals surface area contributed by atoms with Crippen LogP contribution in [0.25, 0.3) is 10.9 Å². The largest absolute Gasteiger partial charge is 0.369 e. The summed E-state index contributed by atoms with van der Waals surface area (Å²) in [6, 6.07) is 10.3. The summed E-state index contributed by atoms with van der Waals surface area (Å²) < 4.78 is 0. The fourth-order valence-corrected chi connectivity index (χ4v) is 3.34. The number of thiazole rings is 1. The number of aryl methyl sites for hydroxylation is 1. The molecule has 0 spiro atoms. The molecule has 0 aliphatic rings. The first-order valence-electron chi connectivity index (χ1n) is 6.73. The van der Waals surface area contributed by atoms with Crippen molar-refractivity contribution in [2.75, 3.05) is 11.9 Å². The molecule has 2 heterocycles. The Balaban J connectivity index is 2.04. The zero-order chi connectivity index (χ0) is 14.8. The average Bonchev–Trinajstić information content (AvgIpc) is 2.91. The highest BCUT2D eigenvalue weighted by Crippen LogP contribution is 2.28. The average molecular weight is 318 g/mol. The summed E-state index contributed by atoms with van der Waals surface area (Å²) in [7, 11) is 2.10. The lowest BCUT2D eigenvalue weighted by Crippen LogP contribution is -2.17. The number of para-hydroxylation sites is 1. The Hall–Kier alpha value is -1.65. The third kappa shape index (κ3) is 2.87. The van der Waals surface area contributed by atoms with E-state index in [1.54, 1.807) is 11.3 Å². The van der Waals surface area contributed by atoms with E-state index < -0.39 is 0 Å². The molecule has 0 aliphatic heterocycles. The molecule has 0 saturated heterocycles. The maximum atomic E-state index is 5.98. The van der Waals surface area contributed by atoms with Crippen molar-refractivity contribution in [1.82, 2.24) is 9.97 Å². The Bertz CT molecular complexity index is 769. The maximum Gasteiger partial charge on any atom is 0.0798 e. The smallest absolute Gasteiger partial charge is 0.0798 e. The second-order valence-corrected chi connectivity index (χ2v) is 6.21. The lowest BCUT2D eigenvalue weighted by molar-refractivity contribution is 0.927. The Morgan fingerprint density at radius 1 is 1.29 bits per heavy atom. The van der Waals surface area contributed by atoms with Crippen molar-refractivity contribution < 1.29 is 0 Å². The molecule has 0 radical (unpaired) electrons. The van der Waals surface area contributed by atoms with Crippen molar-refractivity contribution in [3.05, 3.63) is 52.1 Å². The highest BCUT2D eigenvalue weighted by atomic mass is 35.5. The summed E-state index contributed by atoms with van der Waals surface area (Å²) in [5.41, 5.74) is 6.04. The predicted octanol–water partition coefficient (Wildman–Crippen LogP) is 4.37. The number of hydrogen-bond acceptors (Lipinski definition) is 4. The highest BCUT2D eigenvalue weighted by Gasteiger charge is 2.11. The van der Waals surface area contributed by atoms with Crippen LogP contribution in [0.1, 0.15) is 16.3 Å². The van der Waals surface area contributed by atoms with Gasteiger partial charge in [0.25, 0.3) is 0 Å². The van der Waals surface area contributed by atoms with Crippen molar-refractivity contribution >= 4 is 39.5 Å². The van der Waals surface area contributed by atoms with E-state index in [0.717, 1.165) is 34.5 Å². The van der Waals surface area contributed by atoms with Crippen LogP contribution in [0.2, 0.25) is 0 Å². The Labute approximate surface area is 133 Å². The van der Waals surface area contributed by atoms with Gasteiger partial charge in [0.2, 0.25) is 0 Å². The molecule has 0 atom stereocenters. The summed E-state index contributed by atoms with van der Waals surface area (Å²) in [6.45, 7) is 2.89. The number of halogens is 1. The molecule has 0 unspecified atom stereocenters. The molecule has 0 N–H and O–H groups in total. The molecule has 0 aliphatic carbocycles. The number of benzene rings is 1. The monoisotopic (exact) mass is 317 g/mol. The number of nitrogens with zero attached hydrogens (tertiary/aromatic N) is 3. The van der Waals surface area contributed by atoms with E-state index in [4.69, 9.17) is 11.6 Å². The van der Waals surface area contributed by atoms with Crippen LogP contribution in [-0.2, 0) is 12.4 Å². The van der Waals surface area contributed by atoms with E-state index in [9.17, 15) is 0 Å². The first kappa shape index (κ1) is 14.3. The molecule has 3 nitrogen and oxygen atoms in total. The van der Waals surface area contributed by atoms with Gasteiger partial charge >= 0.3 is 0 Å². The van der Waals surface area contributed by atoms with Gasteiger partial charge in [-0.2, -0.15) is 0 Å². The van der Waals surface area contributed by atoms with E-state index >= 15 is 0 Å². The topological polar surface area (TPSA) is 29.0 Å². The standard InChI is InChI=1S/C16H16ClN3S/c1-11-16(21-10-18-11)9-20(2)15-7-12(8-17)19-14-6-4-3-5-13(14)15/h3-7,10H,8-9H2,1-2H3. The van der Waals surface area contributed by atoms with Gasteiger partial charge in [-0.1, -0.05) is 18.2 Å². The maximum absolute atomic E-state index is 5.98. The summed E-state index contributed by atoms with van der Waals surface area (Å²) in [5, 5.41) is 1.15. The first-order chi connectivity index (χ1) is 10.2. The molecular weight excluding hydrogens is 302 g/mol. The van der Waals surface area contributed by atoms with Gasteiger partial charge in [0.1, 0.15) is 0 Å². The molecule has 0 saturated carbocycles. The van der Waals surface area contributed by atoms with Gasteiger partial charge in [0.15, 0.2) is 0 Å². The number of hydrogen-bond donors (Lipinski definition) is 0. The van der Waals surface area contributed by atoms with Gasteiger partial charge in [0, 0.05) is 23.0 Å². The van der Waals surface area contributed by atoms with Gasteiger partial charge in [-0.05, 0) is 19.1 Å². The second-order valence-electron chi connectivity index (χ2n) is 5.00. The zero-order valence-corrected chi connectivity index (χ0v) is 13.6. The normalized spacial score (nSPS) is 11.0. The predicted molar refractivity (Wildman–Crippen MR) is 90.3 cm³/mol. The van der Waals surface area contributed by atoms with Gasteiger partial charge < -0.3 is 4.90 Å². The van der Waals surface area contributed by atoms with Crippen LogP contribution in [0.5, 0.6) is 0 Å². The Kier molecular flexibility index (Phi) is 4.08. The number of pyridine rings is 1. The van der Waals surface area contributed by atoms with Crippen LogP contribution in [0.15, 0.2) is 35.8 Å². The molecule has 0 amide bonds. The van der Waals surface area contributed by atoms with Crippen LogP contribution < -0.4 is 4.90 Å². The van der Waals surface area contributed by atoms with Crippen LogP contribution >= 0.6 is 22.9 Å². The summed E-state index contributed by atoms with van der Waals surface area (Å²) in [4.78, 5) is 12.4. The third-order valence-corrected chi connectivity index (χ3v) is 4.71. The number of alkyl halides is 1. The van der Waals surface area contributed by atoms with Crippen LogP contribution in [0, 0.1) is 6.92 Å². The minimum Gasteiger partial charge on any atom is -0.369 e. The highest BCUT2D eigenvalue weighted by molar-refractivity contribution is 7.09. The van der Waals surface area contributed by atoms with Gasteiger partial charge in [-0.3, -0.25) is 4.98 Å². The van der Waals surface area contributed by atoms with Crippen molar-refractivity contribution in [3.63, 3.8) is 0 Å². The molecule has 0 fully saturated rings. The Morgan fingerprint density at radius 3 is 2.81 bits per heavy atom. The second kappa shape index (κ2) is 6.00. The zero-order valence-electron chi connectivity index (χ0n) is 12.0. The molecule has 1 aromatic carbocycles. The van der Waals surface area contributed by atoms with Crippen molar-refractivity contribution in [3.8, 4) is 0 Å². The van der Waals surface area contributed by atoms with Gasteiger partial charge in [0.05, 0.1) is 34.8 Å². The van der Waals surface area contributed by atoms with Crippen LogP contribution in [0.3, 0.4) is 0 Å². The number of fused-ring (bicyclic) bond motifs is 1. The molecule has 2 aromatic heterocycles. The van der Waals surface area contributed by atoms with E-state index in [-0.39, 0.29) is 0 Å². The van der Waals surface area contributed by atoms with Crippen LogP contribution in [0.4, 0.5) is 5.69 Å². The minimum atomic E-state index is 0.422. The minimum absolute atomic E-state index is 0.422.